The molecular formula is C21H35Cl2N3O. The number of benzene rings is 1. The van der Waals surface area contributed by atoms with E-state index in [0.29, 0.717) is 18.9 Å². The van der Waals surface area contributed by atoms with Crippen LogP contribution in [-0.4, -0.2) is 29.9 Å². The summed E-state index contributed by atoms with van der Waals surface area (Å²) in [5.41, 5.74) is 8.67. The topological polar surface area (TPSA) is 58.4 Å². The molecule has 1 unspecified atom stereocenters. The number of amides is 1. The van der Waals surface area contributed by atoms with E-state index in [9.17, 15) is 4.79 Å². The third kappa shape index (κ3) is 7.26. The third-order valence-electron chi connectivity index (χ3n) is 5.89. The molecule has 0 bridgehead atoms. The first-order valence-corrected chi connectivity index (χ1v) is 9.93. The molecule has 1 amide bonds. The summed E-state index contributed by atoms with van der Waals surface area (Å²) in [4.78, 5) is 14.8. The van der Waals surface area contributed by atoms with Crippen LogP contribution in [0.15, 0.2) is 24.3 Å². The van der Waals surface area contributed by atoms with Gasteiger partial charge in [0.25, 0.3) is 0 Å². The monoisotopic (exact) mass is 415 g/mol. The summed E-state index contributed by atoms with van der Waals surface area (Å²) in [5.74, 6) is 1.30. The molecule has 4 nitrogen and oxygen atoms in total. The van der Waals surface area contributed by atoms with Crippen LogP contribution in [-0.2, 0) is 17.9 Å². The Labute approximate surface area is 176 Å². The van der Waals surface area contributed by atoms with E-state index in [-0.39, 0.29) is 36.8 Å². The van der Waals surface area contributed by atoms with Crippen molar-refractivity contribution >= 4 is 30.7 Å². The van der Waals surface area contributed by atoms with Crippen LogP contribution in [0.1, 0.15) is 56.6 Å². The lowest BCUT2D eigenvalue weighted by atomic mass is 9.98. The molecule has 1 aromatic rings. The Morgan fingerprint density at radius 2 is 1.89 bits per heavy atom. The van der Waals surface area contributed by atoms with E-state index in [1.54, 1.807) is 0 Å². The number of likely N-dealkylation sites (tertiary alicyclic amines) is 1. The van der Waals surface area contributed by atoms with Gasteiger partial charge >= 0.3 is 0 Å². The van der Waals surface area contributed by atoms with Gasteiger partial charge in [-0.2, -0.15) is 0 Å². The van der Waals surface area contributed by atoms with Crippen LogP contribution < -0.4 is 11.1 Å². The number of nitrogens with two attached hydrogens (primary N) is 1. The highest BCUT2D eigenvalue weighted by atomic mass is 35.5. The van der Waals surface area contributed by atoms with E-state index >= 15 is 0 Å². The first kappa shape index (κ1) is 24.2. The minimum Gasteiger partial charge on any atom is -0.352 e. The maximum absolute atomic E-state index is 12.3. The van der Waals surface area contributed by atoms with Crippen molar-refractivity contribution in [3.05, 3.63) is 35.4 Å². The van der Waals surface area contributed by atoms with E-state index in [4.69, 9.17) is 5.73 Å². The fourth-order valence-corrected chi connectivity index (χ4v) is 4.38. The lowest BCUT2D eigenvalue weighted by molar-refractivity contribution is -0.122. The van der Waals surface area contributed by atoms with Crippen molar-refractivity contribution < 1.29 is 4.79 Å². The Kier molecular flexibility index (Phi) is 10.7. The van der Waals surface area contributed by atoms with Crippen molar-refractivity contribution in [2.45, 2.75) is 64.6 Å². The summed E-state index contributed by atoms with van der Waals surface area (Å²) >= 11 is 0. The van der Waals surface area contributed by atoms with Crippen LogP contribution in [0.25, 0.3) is 0 Å². The number of carbonyl (C=O) groups is 1. The van der Waals surface area contributed by atoms with Crippen LogP contribution in [0, 0.1) is 11.8 Å². The summed E-state index contributed by atoms with van der Waals surface area (Å²) in [7, 11) is 0. The van der Waals surface area contributed by atoms with Gasteiger partial charge in [0.1, 0.15) is 0 Å². The van der Waals surface area contributed by atoms with E-state index < -0.39 is 0 Å². The van der Waals surface area contributed by atoms with Gasteiger partial charge in [-0.25, -0.2) is 0 Å². The predicted octanol–water partition coefficient (Wildman–Crippen LogP) is 3.90. The Morgan fingerprint density at radius 3 is 2.56 bits per heavy atom. The number of piperidine rings is 1. The largest absolute Gasteiger partial charge is 0.352 e. The number of rotatable bonds is 6. The molecule has 2 aliphatic rings. The van der Waals surface area contributed by atoms with Crippen molar-refractivity contribution in [3.63, 3.8) is 0 Å². The molecule has 0 radical (unpaired) electrons. The summed E-state index contributed by atoms with van der Waals surface area (Å²) in [5, 5.41) is 3.12. The van der Waals surface area contributed by atoms with Gasteiger partial charge < -0.3 is 11.1 Å². The molecule has 1 heterocycles. The van der Waals surface area contributed by atoms with Crippen LogP contribution in [0.5, 0.6) is 0 Å². The quantitative estimate of drug-likeness (QED) is 0.740. The molecule has 1 aliphatic heterocycles. The second-order valence-electron chi connectivity index (χ2n) is 8.09. The van der Waals surface area contributed by atoms with Crippen molar-refractivity contribution in [1.82, 2.24) is 10.2 Å². The maximum atomic E-state index is 12.3. The molecule has 3 atom stereocenters. The average Bonchev–Trinajstić information content (AvgIpc) is 2.99. The van der Waals surface area contributed by atoms with Gasteiger partial charge in [-0.15, -0.1) is 24.8 Å². The molecule has 27 heavy (non-hydrogen) atoms. The van der Waals surface area contributed by atoms with Gasteiger partial charge in [-0.1, -0.05) is 37.6 Å². The average molecular weight is 416 g/mol. The number of nitrogens with one attached hydrogen (secondary N) is 1. The molecule has 0 aromatic heterocycles. The third-order valence-corrected chi connectivity index (χ3v) is 5.89. The predicted molar refractivity (Wildman–Crippen MR) is 116 cm³/mol. The maximum Gasteiger partial charge on any atom is 0.220 e. The Balaban J connectivity index is 0.00000182. The van der Waals surface area contributed by atoms with Crippen molar-refractivity contribution in [2.24, 2.45) is 17.6 Å². The zero-order valence-electron chi connectivity index (χ0n) is 16.4. The standard InChI is InChI=1S/C21H33N3O.2ClH/c1-16-6-5-11-24(14-16)15-19-8-3-2-7-18(19)13-23-21(25)12-17-9-4-10-20(17)22;;/h2-3,7-8,16-17,20H,4-6,9-15,22H2,1H3,(H,23,25);2*1H/t16?,17-,20+;;/m0../s1. The van der Waals surface area contributed by atoms with Crippen LogP contribution in [0.3, 0.4) is 0 Å². The molecule has 2 fully saturated rings. The first-order valence-electron chi connectivity index (χ1n) is 9.93. The fourth-order valence-electron chi connectivity index (χ4n) is 4.38. The first-order chi connectivity index (χ1) is 12.1. The van der Waals surface area contributed by atoms with Gasteiger partial charge in [0, 0.05) is 32.1 Å². The van der Waals surface area contributed by atoms with Gasteiger partial charge in [0.2, 0.25) is 5.91 Å². The SMILES string of the molecule is CC1CCCN(Cc2ccccc2CNC(=O)C[C@@H]2CCC[C@H]2N)C1.Cl.Cl. The Morgan fingerprint density at radius 1 is 1.15 bits per heavy atom. The second-order valence-corrected chi connectivity index (χ2v) is 8.09. The van der Waals surface area contributed by atoms with E-state index in [0.717, 1.165) is 31.7 Å². The van der Waals surface area contributed by atoms with Crippen LogP contribution >= 0.6 is 24.8 Å². The highest BCUT2D eigenvalue weighted by Gasteiger charge is 2.26. The number of carbonyl (C=O) groups excluding carboxylic acids is 1. The molecule has 1 aliphatic carbocycles. The number of nitrogens with zero attached hydrogens (tertiary/aromatic N) is 1. The molecule has 3 N–H and O–H groups in total. The molecule has 1 saturated carbocycles. The zero-order chi connectivity index (χ0) is 17.6. The summed E-state index contributed by atoms with van der Waals surface area (Å²) in [6, 6.07) is 8.72. The van der Waals surface area contributed by atoms with Crippen molar-refractivity contribution in [2.75, 3.05) is 13.1 Å². The van der Waals surface area contributed by atoms with Gasteiger partial charge in [-0.3, -0.25) is 9.69 Å². The Hall–Kier alpha value is -0.810. The number of hydrogen-bond acceptors (Lipinski definition) is 3. The highest BCUT2D eigenvalue weighted by Crippen LogP contribution is 2.26. The minimum absolute atomic E-state index is 0. The van der Waals surface area contributed by atoms with Crippen LogP contribution in [0.2, 0.25) is 0 Å². The van der Waals surface area contributed by atoms with E-state index in [1.807, 2.05) is 0 Å². The van der Waals surface area contributed by atoms with Gasteiger partial charge in [0.15, 0.2) is 0 Å². The lowest BCUT2D eigenvalue weighted by Crippen LogP contribution is -2.34. The molecule has 1 saturated heterocycles. The highest BCUT2D eigenvalue weighted by molar-refractivity contribution is 5.85. The van der Waals surface area contributed by atoms with E-state index in [2.05, 4.69) is 41.4 Å². The summed E-state index contributed by atoms with van der Waals surface area (Å²) in [6.07, 6.45) is 6.54. The minimum atomic E-state index is 0. The molecule has 6 heteroatoms. The second kappa shape index (κ2) is 11.9. The molecule has 1 aromatic carbocycles. The van der Waals surface area contributed by atoms with Crippen molar-refractivity contribution in [1.29, 1.82) is 0 Å². The summed E-state index contributed by atoms with van der Waals surface area (Å²) in [6.45, 7) is 6.32. The normalized spacial score (nSPS) is 25.3. The molecular weight excluding hydrogens is 381 g/mol. The van der Waals surface area contributed by atoms with E-state index in [1.165, 1.54) is 37.1 Å². The molecule has 0 spiro atoms. The zero-order valence-corrected chi connectivity index (χ0v) is 18.0. The number of halogens is 2. The fraction of sp³-hybridized carbons (Fsp3) is 0.667. The van der Waals surface area contributed by atoms with Crippen molar-refractivity contribution in [3.8, 4) is 0 Å². The molecule has 154 valence electrons. The summed E-state index contributed by atoms with van der Waals surface area (Å²) < 4.78 is 0. The number of hydrogen-bond donors (Lipinski definition) is 2. The Bertz CT molecular complexity index is 584. The van der Waals surface area contributed by atoms with Crippen LogP contribution in [0.4, 0.5) is 0 Å². The smallest absolute Gasteiger partial charge is 0.220 e. The van der Waals surface area contributed by atoms with Gasteiger partial charge in [0.05, 0.1) is 0 Å². The lowest BCUT2D eigenvalue weighted by Gasteiger charge is -2.31. The van der Waals surface area contributed by atoms with Gasteiger partial charge in [-0.05, 0) is 55.2 Å². The molecule has 3 rings (SSSR count).